The van der Waals surface area contributed by atoms with E-state index in [9.17, 15) is 14.4 Å². The third kappa shape index (κ3) is 3.82. The number of nitrogens with zero attached hydrogens (tertiary/aromatic N) is 4. The standard InChI is InChI=1S/C23H21Cl2N5O3/c1-27-20(31)12-29-11-19(15-5-3-14(10-26)4-6-15)23(13-29)21(32)30(22(33)28(23)2)18-8-16(24)7-17(25)9-18/h3-9,19H,11-13H2,1-2H3,(H,27,31). The number of nitriles is 1. The van der Waals surface area contributed by atoms with E-state index < -0.39 is 23.4 Å². The van der Waals surface area contributed by atoms with Gasteiger partial charge in [-0.15, -0.1) is 0 Å². The highest BCUT2D eigenvalue weighted by atomic mass is 35.5. The summed E-state index contributed by atoms with van der Waals surface area (Å²) in [7, 11) is 3.14. The van der Waals surface area contributed by atoms with Crippen molar-refractivity contribution in [1.29, 1.82) is 5.26 Å². The van der Waals surface area contributed by atoms with E-state index in [-0.39, 0.29) is 24.7 Å². The first-order valence-electron chi connectivity index (χ1n) is 10.2. The molecule has 2 saturated heterocycles. The molecule has 4 rings (SSSR count). The summed E-state index contributed by atoms with van der Waals surface area (Å²) < 4.78 is 0. The Balaban J connectivity index is 1.81. The number of rotatable bonds is 4. The first kappa shape index (κ1) is 23.1. The van der Waals surface area contributed by atoms with E-state index in [1.54, 1.807) is 38.4 Å². The molecule has 1 spiro atoms. The SMILES string of the molecule is CNC(=O)CN1CC(c2ccc(C#N)cc2)C2(C1)C(=O)N(c1cc(Cl)cc(Cl)c1)C(=O)N2C. The van der Waals surface area contributed by atoms with Crippen molar-refractivity contribution in [2.24, 2.45) is 0 Å². The van der Waals surface area contributed by atoms with Crippen LogP contribution in [0.25, 0.3) is 0 Å². The predicted octanol–water partition coefficient (Wildman–Crippen LogP) is 2.85. The second kappa shape index (κ2) is 8.67. The van der Waals surface area contributed by atoms with Gasteiger partial charge in [0.1, 0.15) is 5.54 Å². The normalized spacial score (nSPS) is 22.8. The Morgan fingerprint density at radius 1 is 1.18 bits per heavy atom. The van der Waals surface area contributed by atoms with E-state index in [2.05, 4.69) is 11.4 Å². The third-order valence-electron chi connectivity index (χ3n) is 6.33. The van der Waals surface area contributed by atoms with Crippen LogP contribution in [0.3, 0.4) is 0 Å². The lowest BCUT2D eigenvalue weighted by Gasteiger charge is -2.34. The number of hydrogen-bond donors (Lipinski definition) is 1. The first-order valence-corrected chi connectivity index (χ1v) is 11.0. The van der Waals surface area contributed by atoms with Gasteiger partial charge in [0.2, 0.25) is 5.91 Å². The Kier molecular flexibility index (Phi) is 6.06. The molecule has 2 aliphatic heterocycles. The summed E-state index contributed by atoms with van der Waals surface area (Å²) in [6.45, 7) is 0.646. The highest BCUT2D eigenvalue weighted by molar-refractivity contribution is 6.35. The van der Waals surface area contributed by atoms with Crippen LogP contribution in [0.15, 0.2) is 42.5 Å². The molecule has 4 amide bonds. The summed E-state index contributed by atoms with van der Waals surface area (Å²) in [5.41, 5.74) is 0.334. The number of amides is 4. The zero-order chi connectivity index (χ0) is 23.9. The molecular formula is C23H21Cl2N5O3. The minimum absolute atomic E-state index is 0.0866. The fourth-order valence-corrected chi connectivity index (χ4v) is 5.21. The van der Waals surface area contributed by atoms with Gasteiger partial charge in [-0.3, -0.25) is 14.5 Å². The molecule has 33 heavy (non-hydrogen) atoms. The van der Waals surface area contributed by atoms with E-state index in [0.29, 0.717) is 22.2 Å². The summed E-state index contributed by atoms with van der Waals surface area (Å²) in [5, 5.41) is 12.4. The molecule has 2 fully saturated rings. The van der Waals surface area contributed by atoms with Crippen LogP contribution in [0.5, 0.6) is 0 Å². The Bertz CT molecular complexity index is 1160. The Hall–Kier alpha value is -3.12. The number of carbonyl (C=O) groups is 3. The molecule has 2 aliphatic rings. The molecule has 10 heteroatoms. The number of benzene rings is 2. The summed E-state index contributed by atoms with van der Waals surface area (Å²) in [6.07, 6.45) is 0. The molecule has 2 aromatic carbocycles. The van der Waals surface area contributed by atoms with Crippen LogP contribution >= 0.6 is 23.2 Å². The zero-order valence-corrected chi connectivity index (χ0v) is 19.5. The van der Waals surface area contributed by atoms with Crippen LogP contribution in [-0.4, -0.2) is 66.9 Å². The van der Waals surface area contributed by atoms with Crippen LogP contribution in [0.1, 0.15) is 17.0 Å². The average Bonchev–Trinajstić information content (AvgIpc) is 3.25. The van der Waals surface area contributed by atoms with E-state index in [0.717, 1.165) is 10.5 Å². The van der Waals surface area contributed by atoms with Gasteiger partial charge in [-0.1, -0.05) is 35.3 Å². The maximum Gasteiger partial charge on any atom is 0.332 e. The van der Waals surface area contributed by atoms with Gasteiger partial charge in [0.05, 0.1) is 23.9 Å². The van der Waals surface area contributed by atoms with Gasteiger partial charge in [-0.05, 0) is 35.9 Å². The van der Waals surface area contributed by atoms with Crippen LogP contribution < -0.4 is 10.2 Å². The van der Waals surface area contributed by atoms with Gasteiger partial charge in [-0.2, -0.15) is 5.26 Å². The highest BCUT2D eigenvalue weighted by Crippen LogP contribution is 2.46. The lowest BCUT2D eigenvalue weighted by Crippen LogP contribution is -2.54. The van der Waals surface area contributed by atoms with E-state index in [4.69, 9.17) is 28.5 Å². The summed E-state index contributed by atoms with van der Waals surface area (Å²) in [6, 6.07) is 13.1. The highest BCUT2D eigenvalue weighted by Gasteiger charge is 2.64. The monoisotopic (exact) mass is 485 g/mol. The first-order chi connectivity index (χ1) is 15.7. The fourth-order valence-electron chi connectivity index (χ4n) is 4.70. The van der Waals surface area contributed by atoms with Gasteiger partial charge in [-0.25, -0.2) is 9.69 Å². The number of urea groups is 1. The summed E-state index contributed by atoms with van der Waals surface area (Å²) in [4.78, 5) is 43.8. The molecule has 2 unspecified atom stereocenters. The Labute approximate surface area is 201 Å². The lowest BCUT2D eigenvalue weighted by atomic mass is 9.80. The van der Waals surface area contributed by atoms with Crippen LogP contribution in [-0.2, 0) is 9.59 Å². The third-order valence-corrected chi connectivity index (χ3v) is 6.76. The molecule has 0 bridgehead atoms. The largest absolute Gasteiger partial charge is 0.358 e. The van der Waals surface area contributed by atoms with Crippen LogP contribution in [0, 0.1) is 11.3 Å². The Morgan fingerprint density at radius 2 is 1.82 bits per heavy atom. The Morgan fingerprint density at radius 3 is 2.39 bits per heavy atom. The molecule has 2 aromatic rings. The van der Waals surface area contributed by atoms with Crippen molar-refractivity contribution >= 4 is 46.7 Å². The summed E-state index contributed by atoms with van der Waals surface area (Å²) in [5.74, 6) is -1.03. The molecule has 0 saturated carbocycles. The van der Waals surface area contributed by atoms with Crippen LogP contribution in [0.2, 0.25) is 10.0 Å². The second-order valence-corrected chi connectivity index (χ2v) is 9.04. The fraction of sp³-hybridized carbons (Fsp3) is 0.304. The number of carbonyl (C=O) groups excluding carboxylic acids is 3. The van der Waals surface area contributed by atoms with Gasteiger partial charge >= 0.3 is 6.03 Å². The molecule has 170 valence electrons. The number of likely N-dealkylation sites (N-methyl/N-ethyl adjacent to an activating group) is 2. The molecular weight excluding hydrogens is 465 g/mol. The maximum absolute atomic E-state index is 14.0. The van der Waals surface area contributed by atoms with Crippen molar-refractivity contribution in [1.82, 2.24) is 15.1 Å². The molecule has 1 N–H and O–H groups in total. The van der Waals surface area contributed by atoms with Gasteiger partial charge in [0.15, 0.2) is 0 Å². The topological polar surface area (TPSA) is 96.7 Å². The minimum Gasteiger partial charge on any atom is -0.358 e. The van der Waals surface area contributed by atoms with E-state index >= 15 is 0 Å². The van der Waals surface area contributed by atoms with Crippen molar-refractivity contribution in [2.45, 2.75) is 11.5 Å². The molecule has 2 heterocycles. The molecule has 0 aliphatic carbocycles. The predicted molar refractivity (Wildman–Crippen MR) is 124 cm³/mol. The summed E-state index contributed by atoms with van der Waals surface area (Å²) >= 11 is 12.3. The van der Waals surface area contributed by atoms with E-state index in [1.807, 2.05) is 4.90 Å². The smallest absolute Gasteiger partial charge is 0.332 e. The molecule has 0 aromatic heterocycles. The number of likely N-dealkylation sites (tertiary alicyclic amines) is 1. The van der Waals surface area contributed by atoms with Crippen molar-refractivity contribution < 1.29 is 14.4 Å². The van der Waals surface area contributed by atoms with Crippen LogP contribution in [0.4, 0.5) is 10.5 Å². The number of imide groups is 1. The average molecular weight is 486 g/mol. The van der Waals surface area contributed by atoms with Gasteiger partial charge < -0.3 is 10.2 Å². The number of nitrogens with one attached hydrogen (secondary N) is 1. The lowest BCUT2D eigenvalue weighted by molar-refractivity contribution is -0.125. The van der Waals surface area contributed by atoms with Gasteiger partial charge in [0, 0.05) is 43.1 Å². The quantitative estimate of drug-likeness (QED) is 0.671. The van der Waals surface area contributed by atoms with Crippen molar-refractivity contribution in [3.05, 3.63) is 63.6 Å². The molecule has 0 radical (unpaired) electrons. The number of halogens is 2. The van der Waals surface area contributed by atoms with Crippen molar-refractivity contribution in [2.75, 3.05) is 38.6 Å². The number of hydrogen-bond acceptors (Lipinski definition) is 5. The van der Waals surface area contributed by atoms with Gasteiger partial charge in [0.25, 0.3) is 5.91 Å². The van der Waals surface area contributed by atoms with Crippen molar-refractivity contribution in [3.63, 3.8) is 0 Å². The zero-order valence-electron chi connectivity index (χ0n) is 18.0. The maximum atomic E-state index is 14.0. The second-order valence-electron chi connectivity index (χ2n) is 8.16. The molecule has 8 nitrogen and oxygen atoms in total. The van der Waals surface area contributed by atoms with Crippen molar-refractivity contribution in [3.8, 4) is 6.07 Å². The minimum atomic E-state index is -1.24. The number of anilines is 1. The molecule has 2 atom stereocenters. The van der Waals surface area contributed by atoms with E-state index in [1.165, 1.54) is 23.1 Å².